The number of hydrogen-bond acceptors (Lipinski definition) is 7. The minimum atomic E-state index is -3.87. The predicted octanol–water partition coefficient (Wildman–Crippen LogP) is 4.44. The molecule has 11 heteroatoms. The third kappa shape index (κ3) is 5.12. The lowest BCUT2D eigenvalue weighted by Gasteiger charge is -2.34. The van der Waals surface area contributed by atoms with Gasteiger partial charge in [-0.1, -0.05) is 17.7 Å². The quantitative estimate of drug-likeness (QED) is 0.522. The molecule has 1 amide bonds. The first-order valence-electron chi connectivity index (χ1n) is 11.1. The second-order valence-electron chi connectivity index (χ2n) is 9.42. The van der Waals surface area contributed by atoms with Gasteiger partial charge in [0.15, 0.2) is 5.65 Å². The first kappa shape index (κ1) is 24.3. The number of hydrogen-bond donors (Lipinski definition) is 1. The van der Waals surface area contributed by atoms with E-state index in [9.17, 15) is 13.2 Å². The molecule has 0 unspecified atom stereocenters. The Morgan fingerprint density at radius 2 is 1.88 bits per heavy atom. The predicted molar refractivity (Wildman–Crippen MR) is 131 cm³/mol. The first-order valence-corrected chi connectivity index (χ1v) is 12.9. The Kier molecular flexibility index (Phi) is 6.48. The number of aromatic nitrogens is 3. The summed E-state index contributed by atoms with van der Waals surface area (Å²) in [5.41, 5.74) is 0.569. The monoisotopic (exact) mass is 505 g/mol. The lowest BCUT2D eigenvalue weighted by atomic mass is 10.1. The van der Waals surface area contributed by atoms with Crippen LogP contribution in [-0.4, -0.2) is 58.1 Å². The average molecular weight is 506 g/mol. The topological polar surface area (TPSA) is 106 Å². The Balaban J connectivity index is 1.62. The van der Waals surface area contributed by atoms with Gasteiger partial charge < -0.3 is 15.0 Å². The fourth-order valence-corrected chi connectivity index (χ4v) is 5.33. The Labute approximate surface area is 204 Å². The molecule has 0 spiro atoms. The van der Waals surface area contributed by atoms with E-state index in [0.717, 1.165) is 22.4 Å². The number of rotatable bonds is 4. The number of fused-ring (bicyclic) bond motifs is 1. The van der Waals surface area contributed by atoms with Crippen LogP contribution in [-0.2, 0) is 14.8 Å². The molecule has 0 radical (unpaired) electrons. The molecule has 1 fully saturated rings. The van der Waals surface area contributed by atoms with Crippen LogP contribution in [0, 0.1) is 6.92 Å². The number of nitrogens with zero attached hydrogens (tertiary/aromatic N) is 4. The van der Waals surface area contributed by atoms with Crippen molar-refractivity contribution in [2.24, 2.45) is 0 Å². The van der Waals surface area contributed by atoms with E-state index in [1.165, 1.54) is 6.20 Å². The van der Waals surface area contributed by atoms with Crippen LogP contribution in [0.2, 0.25) is 5.28 Å². The summed E-state index contributed by atoms with van der Waals surface area (Å²) in [5.74, 6) is 0.420. The molecule has 1 aromatic carbocycles. The number of ether oxygens (including phenoxy) is 1. The standard InChI is InChI=1S/C23H28ClN5O4S/c1-15-7-9-17(10-8-15)34(31,32)29-13-11-18-19(26-21(24)27-20(18)29)25-16-6-5-12-28(14-16)22(30)33-23(2,3)4/h7-11,13,16H,5-6,12,14H2,1-4H3,(H,25,26,27)/t16-/m1/s1. The zero-order valence-corrected chi connectivity index (χ0v) is 21.2. The van der Waals surface area contributed by atoms with Crippen molar-refractivity contribution in [3.05, 3.63) is 47.4 Å². The van der Waals surface area contributed by atoms with Crippen molar-refractivity contribution in [3.8, 4) is 0 Å². The molecule has 1 aliphatic heterocycles. The summed E-state index contributed by atoms with van der Waals surface area (Å²) >= 11 is 6.18. The average Bonchev–Trinajstić information content (AvgIpc) is 3.18. The zero-order chi connectivity index (χ0) is 24.7. The molecule has 0 bridgehead atoms. The van der Waals surface area contributed by atoms with Crippen LogP contribution < -0.4 is 5.32 Å². The Morgan fingerprint density at radius 1 is 1.18 bits per heavy atom. The maximum atomic E-state index is 13.2. The van der Waals surface area contributed by atoms with Crippen molar-refractivity contribution in [1.29, 1.82) is 0 Å². The molecule has 0 saturated carbocycles. The molecular weight excluding hydrogens is 478 g/mol. The van der Waals surface area contributed by atoms with Crippen LogP contribution in [0.4, 0.5) is 10.6 Å². The normalized spacial score (nSPS) is 17.1. The van der Waals surface area contributed by atoms with E-state index in [1.54, 1.807) is 35.2 Å². The second kappa shape index (κ2) is 9.07. The van der Waals surface area contributed by atoms with E-state index in [0.29, 0.717) is 24.3 Å². The molecular formula is C23H28ClN5O4S. The van der Waals surface area contributed by atoms with Gasteiger partial charge in [-0.25, -0.2) is 22.2 Å². The van der Waals surface area contributed by atoms with E-state index in [-0.39, 0.29) is 28.0 Å². The Morgan fingerprint density at radius 3 is 2.56 bits per heavy atom. The summed E-state index contributed by atoms with van der Waals surface area (Å²) in [4.78, 5) is 22.8. The molecule has 1 atom stereocenters. The van der Waals surface area contributed by atoms with Gasteiger partial charge in [-0.15, -0.1) is 0 Å². The molecule has 3 heterocycles. The third-order valence-electron chi connectivity index (χ3n) is 5.48. The van der Waals surface area contributed by atoms with Crippen LogP contribution in [0.5, 0.6) is 0 Å². The van der Waals surface area contributed by atoms with Gasteiger partial charge in [0.1, 0.15) is 11.4 Å². The number of benzene rings is 1. The summed E-state index contributed by atoms with van der Waals surface area (Å²) in [6, 6.07) is 8.15. The fourth-order valence-electron chi connectivity index (χ4n) is 3.87. The highest BCUT2D eigenvalue weighted by molar-refractivity contribution is 7.90. The zero-order valence-electron chi connectivity index (χ0n) is 19.6. The van der Waals surface area contributed by atoms with Gasteiger partial charge in [0.25, 0.3) is 10.0 Å². The first-order chi connectivity index (χ1) is 15.9. The Bertz CT molecular complexity index is 1320. The van der Waals surface area contributed by atoms with E-state index < -0.39 is 15.6 Å². The molecule has 0 aliphatic carbocycles. The maximum Gasteiger partial charge on any atom is 0.410 e. The lowest BCUT2D eigenvalue weighted by molar-refractivity contribution is 0.0206. The molecule has 9 nitrogen and oxygen atoms in total. The van der Waals surface area contributed by atoms with E-state index >= 15 is 0 Å². The number of carbonyl (C=O) groups is 1. The maximum absolute atomic E-state index is 13.2. The molecule has 3 aromatic rings. The largest absolute Gasteiger partial charge is 0.444 e. The third-order valence-corrected chi connectivity index (χ3v) is 7.32. The molecule has 1 aliphatic rings. The Hall–Kier alpha value is -2.85. The van der Waals surface area contributed by atoms with Crippen molar-refractivity contribution < 1.29 is 17.9 Å². The molecule has 4 rings (SSSR count). The number of halogens is 1. The van der Waals surface area contributed by atoms with Gasteiger partial charge in [-0.05, 0) is 70.3 Å². The van der Waals surface area contributed by atoms with Gasteiger partial charge in [0.05, 0.1) is 10.3 Å². The smallest absolute Gasteiger partial charge is 0.410 e. The second-order valence-corrected chi connectivity index (χ2v) is 11.6. The number of aryl methyl sites for hydroxylation is 1. The SMILES string of the molecule is Cc1ccc(S(=O)(=O)n2ccc3c(N[C@@H]4CCCN(C(=O)OC(C)(C)C)C4)nc(Cl)nc32)cc1. The van der Waals surface area contributed by atoms with Crippen molar-refractivity contribution in [3.63, 3.8) is 0 Å². The molecule has 1 N–H and O–H groups in total. The number of likely N-dealkylation sites (tertiary alicyclic amines) is 1. The van der Waals surface area contributed by atoms with E-state index in [1.807, 2.05) is 27.7 Å². The van der Waals surface area contributed by atoms with E-state index in [2.05, 4.69) is 15.3 Å². The van der Waals surface area contributed by atoms with Crippen LogP contribution in [0.3, 0.4) is 0 Å². The highest BCUT2D eigenvalue weighted by Gasteiger charge is 2.29. The highest BCUT2D eigenvalue weighted by Crippen LogP contribution is 2.28. The minimum Gasteiger partial charge on any atom is -0.444 e. The summed E-state index contributed by atoms with van der Waals surface area (Å²) in [6.45, 7) is 8.43. The number of amides is 1. The van der Waals surface area contributed by atoms with Crippen LogP contribution in [0.25, 0.3) is 11.0 Å². The summed E-state index contributed by atoms with van der Waals surface area (Å²) in [5, 5.41) is 3.78. The van der Waals surface area contributed by atoms with Gasteiger partial charge in [0, 0.05) is 25.3 Å². The van der Waals surface area contributed by atoms with Crippen LogP contribution in [0.1, 0.15) is 39.2 Å². The molecule has 34 heavy (non-hydrogen) atoms. The molecule has 2 aromatic heterocycles. The molecule has 1 saturated heterocycles. The van der Waals surface area contributed by atoms with Crippen molar-refractivity contribution >= 4 is 44.6 Å². The van der Waals surface area contributed by atoms with E-state index in [4.69, 9.17) is 16.3 Å². The van der Waals surface area contributed by atoms with Crippen LogP contribution in [0.15, 0.2) is 41.4 Å². The molecule has 182 valence electrons. The van der Waals surface area contributed by atoms with Gasteiger partial charge in [-0.3, -0.25) is 0 Å². The van der Waals surface area contributed by atoms with Crippen molar-refractivity contribution in [1.82, 2.24) is 18.8 Å². The highest BCUT2D eigenvalue weighted by atomic mass is 35.5. The van der Waals surface area contributed by atoms with Crippen molar-refractivity contribution in [2.75, 3.05) is 18.4 Å². The van der Waals surface area contributed by atoms with Crippen molar-refractivity contribution in [2.45, 2.75) is 57.1 Å². The van der Waals surface area contributed by atoms with Gasteiger partial charge in [-0.2, -0.15) is 4.98 Å². The van der Waals surface area contributed by atoms with Gasteiger partial charge in [0.2, 0.25) is 5.28 Å². The lowest BCUT2D eigenvalue weighted by Crippen LogP contribution is -2.47. The minimum absolute atomic E-state index is 0.0751. The summed E-state index contributed by atoms with van der Waals surface area (Å²) in [7, 11) is -3.87. The number of nitrogens with one attached hydrogen (secondary N) is 1. The van der Waals surface area contributed by atoms with Crippen LogP contribution >= 0.6 is 11.6 Å². The number of carbonyl (C=O) groups excluding carboxylic acids is 1. The summed E-state index contributed by atoms with van der Waals surface area (Å²) in [6.07, 6.45) is 2.69. The van der Waals surface area contributed by atoms with Gasteiger partial charge >= 0.3 is 6.09 Å². The number of anilines is 1. The number of piperidine rings is 1. The fraction of sp³-hybridized carbons (Fsp3) is 0.435. The summed E-state index contributed by atoms with van der Waals surface area (Å²) < 4.78 is 33.1.